The van der Waals surface area contributed by atoms with E-state index in [2.05, 4.69) is 38.2 Å². The Morgan fingerprint density at radius 2 is 1.50 bits per heavy atom. The number of rotatable bonds is 5. The summed E-state index contributed by atoms with van der Waals surface area (Å²) in [5.74, 6) is -0.0145. The molecule has 1 unspecified atom stereocenters. The van der Waals surface area contributed by atoms with E-state index in [0.29, 0.717) is 18.5 Å². The molecule has 4 aliphatic heterocycles. The molecule has 4 heterocycles. The molecule has 2 aromatic rings. The number of piperazine rings is 1. The van der Waals surface area contributed by atoms with Crippen molar-refractivity contribution in [1.82, 2.24) is 15.1 Å². The van der Waals surface area contributed by atoms with E-state index in [1.807, 2.05) is 24.3 Å². The van der Waals surface area contributed by atoms with Gasteiger partial charge in [0.2, 0.25) is 11.8 Å². The molecule has 9 heteroatoms. The summed E-state index contributed by atoms with van der Waals surface area (Å²) in [4.78, 5) is 45.9. The summed E-state index contributed by atoms with van der Waals surface area (Å²) in [5, 5.41) is 2.37. The number of nitrogen functional groups attached to an aromatic ring is 1. The minimum Gasteiger partial charge on any atom is -0.399 e. The van der Waals surface area contributed by atoms with Gasteiger partial charge in [-0.15, -0.1) is 0 Å². The third-order valence-electron chi connectivity index (χ3n) is 8.63. The molecule has 200 valence electrons. The van der Waals surface area contributed by atoms with E-state index in [1.165, 1.54) is 18.5 Å². The van der Waals surface area contributed by atoms with E-state index in [0.717, 1.165) is 68.7 Å². The normalized spacial score (nSPS) is 23.1. The van der Waals surface area contributed by atoms with Crippen LogP contribution < -0.4 is 20.9 Å². The standard InChI is InChI=1S/C29H36N6O3/c30-22-1-3-23(4-2-22)33-11-9-20(10-12-33)18-32-13-15-34(16-14-32)24-5-6-25-21(17-24)19-35(29(25)38)26-7-8-27(36)31-28(26)37/h1-6,17,20,26H,7-16,18-19,30H2,(H,31,36,37). The fourth-order valence-electron chi connectivity index (χ4n) is 6.37. The van der Waals surface area contributed by atoms with Gasteiger partial charge in [-0.05, 0) is 73.2 Å². The molecule has 0 bridgehead atoms. The zero-order valence-corrected chi connectivity index (χ0v) is 21.8. The molecule has 3 amide bonds. The van der Waals surface area contributed by atoms with Gasteiger partial charge in [0.25, 0.3) is 5.91 Å². The number of nitrogens with two attached hydrogens (primary N) is 1. The Bertz CT molecular complexity index is 1220. The van der Waals surface area contributed by atoms with Crippen molar-refractivity contribution in [2.45, 2.75) is 38.3 Å². The monoisotopic (exact) mass is 516 g/mol. The van der Waals surface area contributed by atoms with Crippen LogP contribution in [-0.4, -0.2) is 79.4 Å². The number of fused-ring (bicyclic) bond motifs is 1. The summed E-state index contributed by atoms with van der Waals surface area (Å²) in [6.45, 7) is 7.78. The molecule has 0 aliphatic carbocycles. The van der Waals surface area contributed by atoms with Gasteiger partial charge in [0, 0.05) is 81.4 Å². The van der Waals surface area contributed by atoms with Crippen LogP contribution in [0.4, 0.5) is 17.1 Å². The molecule has 3 N–H and O–H groups in total. The second-order valence-corrected chi connectivity index (χ2v) is 11.1. The van der Waals surface area contributed by atoms with Crippen LogP contribution in [0, 0.1) is 5.92 Å². The molecule has 0 spiro atoms. The lowest BCUT2D eigenvalue weighted by molar-refractivity contribution is -0.136. The van der Waals surface area contributed by atoms with Gasteiger partial charge in [0.05, 0.1) is 0 Å². The first-order chi connectivity index (χ1) is 18.4. The van der Waals surface area contributed by atoms with Crippen LogP contribution in [0.25, 0.3) is 0 Å². The van der Waals surface area contributed by atoms with Crippen LogP contribution in [0.2, 0.25) is 0 Å². The van der Waals surface area contributed by atoms with E-state index in [4.69, 9.17) is 5.73 Å². The van der Waals surface area contributed by atoms with Crippen LogP contribution >= 0.6 is 0 Å². The molecule has 0 aromatic heterocycles. The second kappa shape index (κ2) is 10.3. The first-order valence-corrected chi connectivity index (χ1v) is 13.8. The Morgan fingerprint density at radius 3 is 2.21 bits per heavy atom. The lowest BCUT2D eigenvalue weighted by Crippen LogP contribution is -2.52. The van der Waals surface area contributed by atoms with Crippen LogP contribution in [0.3, 0.4) is 0 Å². The number of piperidine rings is 2. The number of carbonyl (C=O) groups is 3. The lowest BCUT2D eigenvalue weighted by atomic mass is 9.95. The average Bonchev–Trinajstić information content (AvgIpc) is 3.25. The number of anilines is 3. The number of carbonyl (C=O) groups excluding carboxylic acids is 3. The number of hydrogen-bond donors (Lipinski definition) is 2. The number of nitrogens with one attached hydrogen (secondary N) is 1. The smallest absolute Gasteiger partial charge is 0.255 e. The van der Waals surface area contributed by atoms with Crippen LogP contribution in [0.5, 0.6) is 0 Å². The number of benzene rings is 2. The summed E-state index contributed by atoms with van der Waals surface area (Å²) in [5.41, 5.74) is 10.7. The quantitative estimate of drug-likeness (QED) is 0.463. The topological polar surface area (TPSA) is 102 Å². The molecule has 9 nitrogen and oxygen atoms in total. The van der Waals surface area contributed by atoms with Gasteiger partial charge >= 0.3 is 0 Å². The van der Waals surface area contributed by atoms with E-state index < -0.39 is 6.04 Å². The third kappa shape index (κ3) is 4.95. The van der Waals surface area contributed by atoms with Gasteiger partial charge in [0.1, 0.15) is 6.04 Å². The summed E-state index contributed by atoms with van der Waals surface area (Å²) in [6.07, 6.45) is 3.09. The van der Waals surface area contributed by atoms with Gasteiger partial charge in [-0.1, -0.05) is 0 Å². The molecule has 6 rings (SSSR count). The van der Waals surface area contributed by atoms with Gasteiger partial charge in [-0.2, -0.15) is 0 Å². The van der Waals surface area contributed by atoms with Crippen LogP contribution in [0.1, 0.15) is 41.6 Å². The zero-order valence-electron chi connectivity index (χ0n) is 21.8. The molecule has 1 atom stereocenters. The van der Waals surface area contributed by atoms with Crippen molar-refractivity contribution in [2.75, 3.05) is 61.3 Å². The number of amides is 3. The molecule has 2 aromatic carbocycles. The first kappa shape index (κ1) is 24.7. The highest BCUT2D eigenvalue weighted by molar-refractivity contribution is 6.05. The van der Waals surface area contributed by atoms with Crippen molar-refractivity contribution < 1.29 is 14.4 Å². The first-order valence-electron chi connectivity index (χ1n) is 13.8. The Balaban J connectivity index is 0.999. The van der Waals surface area contributed by atoms with Gasteiger partial charge < -0.3 is 20.4 Å². The maximum atomic E-state index is 13.0. The SMILES string of the molecule is Nc1ccc(N2CCC(CN3CCN(c4ccc5c(c4)CN(C4CCC(=O)NC4=O)C5=O)CC3)CC2)cc1. The van der Waals surface area contributed by atoms with E-state index in [1.54, 1.807) is 4.90 Å². The highest BCUT2D eigenvalue weighted by Crippen LogP contribution is 2.31. The third-order valence-corrected chi connectivity index (χ3v) is 8.63. The molecular formula is C29H36N6O3. The predicted molar refractivity (Wildman–Crippen MR) is 147 cm³/mol. The molecule has 0 radical (unpaired) electrons. The van der Waals surface area contributed by atoms with Crippen LogP contribution in [0.15, 0.2) is 42.5 Å². The van der Waals surface area contributed by atoms with Crippen LogP contribution in [-0.2, 0) is 16.1 Å². The van der Waals surface area contributed by atoms with Gasteiger partial charge in [-0.25, -0.2) is 0 Å². The minimum atomic E-state index is -0.571. The number of nitrogens with zero attached hydrogens (tertiary/aromatic N) is 4. The second-order valence-electron chi connectivity index (χ2n) is 11.1. The van der Waals surface area contributed by atoms with Crippen molar-refractivity contribution in [2.24, 2.45) is 5.92 Å². The summed E-state index contributed by atoms with van der Waals surface area (Å²) >= 11 is 0. The van der Waals surface area contributed by atoms with Gasteiger partial charge in [-0.3, -0.25) is 24.6 Å². The Hall–Kier alpha value is -3.59. The van der Waals surface area contributed by atoms with Crippen molar-refractivity contribution in [3.63, 3.8) is 0 Å². The molecule has 3 saturated heterocycles. The fraction of sp³-hybridized carbons (Fsp3) is 0.483. The van der Waals surface area contributed by atoms with E-state index >= 15 is 0 Å². The summed E-state index contributed by atoms with van der Waals surface area (Å²) < 4.78 is 0. The van der Waals surface area contributed by atoms with Crippen molar-refractivity contribution in [3.05, 3.63) is 53.6 Å². The minimum absolute atomic E-state index is 0.117. The maximum absolute atomic E-state index is 13.0. The maximum Gasteiger partial charge on any atom is 0.255 e. The van der Waals surface area contributed by atoms with E-state index in [-0.39, 0.29) is 24.1 Å². The number of hydrogen-bond acceptors (Lipinski definition) is 7. The Morgan fingerprint density at radius 1 is 0.816 bits per heavy atom. The summed E-state index contributed by atoms with van der Waals surface area (Å²) in [7, 11) is 0. The highest BCUT2D eigenvalue weighted by atomic mass is 16.2. The molecule has 3 fully saturated rings. The molecule has 4 aliphatic rings. The lowest BCUT2D eigenvalue weighted by Gasteiger charge is -2.40. The van der Waals surface area contributed by atoms with Gasteiger partial charge in [0.15, 0.2) is 0 Å². The predicted octanol–water partition coefficient (Wildman–Crippen LogP) is 2.07. The molecule has 0 saturated carbocycles. The van der Waals surface area contributed by atoms with Crippen molar-refractivity contribution in [1.29, 1.82) is 0 Å². The van der Waals surface area contributed by atoms with Crippen molar-refractivity contribution >= 4 is 34.8 Å². The Kier molecular flexibility index (Phi) is 6.69. The van der Waals surface area contributed by atoms with E-state index in [9.17, 15) is 14.4 Å². The number of imide groups is 1. The largest absolute Gasteiger partial charge is 0.399 e. The fourth-order valence-corrected chi connectivity index (χ4v) is 6.37. The molecule has 38 heavy (non-hydrogen) atoms. The highest BCUT2D eigenvalue weighted by Gasteiger charge is 2.39. The Labute approximate surface area is 223 Å². The molecular weight excluding hydrogens is 480 g/mol. The average molecular weight is 517 g/mol. The summed E-state index contributed by atoms with van der Waals surface area (Å²) in [6, 6.07) is 13.7. The zero-order chi connectivity index (χ0) is 26.2. The van der Waals surface area contributed by atoms with Crippen molar-refractivity contribution in [3.8, 4) is 0 Å².